The van der Waals surface area contributed by atoms with Crippen LogP contribution in [0.25, 0.3) is 0 Å². The zero-order valence-corrected chi connectivity index (χ0v) is 7.79. The van der Waals surface area contributed by atoms with E-state index in [1.54, 1.807) is 19.1 Å². The van der Waals surface area contributed by atoms with Crippen LogP contribution in [0, 0.1) is 0 Å². The van der Waals surface area contributed by atoms with E-state index < -0.39 is 11.0 Å². The van der Waals surface area contributed by atoms with Gasteiger partial charge in [-0.05, 0) is 25.2 Å². The number of allylic oxidation sites excluding steroid dienone is 4. The van der Waals surface area contributed by atoms with E-state index in [0.29, 0.717) is 0 Å². The van der Waals surface area contributed by atoms with E-state index in [2.05, 4.69) is 15.9 Å². The summed E-state index contributed by atoms with van der Waals surface area (Å²) >= 11 is 9.00. The van der Waals surface area contributed by atoms with Gasteiger partial charge in [-0.2, -0.15) is 0 Å². The molecular formula is C7H7BrClF. The normalized spacial score (nSPS) is 39.6. The number of hydrogen-bond acceptors (Lipinski definition) is 0. The molecule has 0 saturated carbocycles. The minimum atomic E-state index is -1.09. The number of halogens is 3. The van der Waals surface area contributed by atoms with Crippen molar-refractivity contribution in [1.82, 2.24) is 0 Å². The molecule has 0 saturated heterocycles. The Balaban J connectivity index is 2.88. The summed E-state index contributed by atoms with van der Waals surface area (Å²) in [4.78, 5) is -0.881. The highest BCUT2D eigenvalue weighted by Gasteiger charge is 2.30. The van der Waals surface area contributed by atoms with E-state index in [9.17, 15) is 4.39 Å². The molecule has 2 unspecified atom stereocenters. The fourth-order valence-corrected chi connectivity index (χ4v) is 1.71. The van der Waals surface area contributed by atoms with Crippen LogP contribution in [0.4, 0.5) is 4.39 Å². The first-order valence-corrected chi connectivity index (χ1v) is 4.09. The van der Waals surface area contributed by atoms with Crippen molar-refractivity contribution < 1.29 is 4.39 Å². The molecule has 3 heteroatoms. The summed E-state index contributed by atoms with van der Waals surface area (Å²) in [5.41, 5.74) is 0. The zero-order chi connectivity index (χ0) is 7.78. The van der Waals surface area contributed by atoms with Crippen LogP contribution in [0.3, 0.4) is 0 Å². The van der Waals surface area contributed by atoms with Crippen LogP contribution in [0.5, 0.6) is 0 Å². The van der Waals surface area contributed by atoms with Gasteiger partial charge >= 0.3 is 0 Å². The van der Waals surface area contributed by atoms with Crippen LogP contribution >= 0.6 is 27.5 Å². The van der Waals surface area contributed by atoms with Gasteiger partial charge in [-0.3, -0.25) is 0 Å². The van der Waals surface area contributed by atoms with Crippen LogP contribution < -0.4 is 0 Å². The van der Waals surface area contributed by atoms with E-state index in [4.69, 9.17) is 11.6 Å². The van der Waals surface area contributed by atoms with Crippen molar-refractivity contribution in [2.75, 3.05) is 0 Å². The van der Waals surface area contributed by atoms with Crippen molar-refractivity contribution in [3.05, 3.63) is 22.7 Å². The molecule has 0 amide bonds. The Morgan fingerprint density at radius 1 is 1.80 bits per heavy atom. The van der Waals surface area contributed by atoms with E-state index in [-0.39, 0.29) is 0 Å². The van der Waals surface area contributed by atoms with Crippen LogP contribution in [-0.2, 0) is 0 Å². The van der Waals surface area contributed by atoms with Crippen molar-refractivity contribution in [2.45, 2.75) is 18.0 Å². The van der Waals surface area contributed by atoms with Crippen LogP contribution in [0.2, 0.25) is 0 Å². The average molecular weight is 225 g/mol. The first kappa shape index (κ1) is 8.28. The number of alkyl halides is 2. The summed E-state index contributed by atoms with van der Waals surface area (Å²) in [5, 5.41) is 0. The Bertz CT molecular complexity index is 196. The van der Waals surface area contributed by atoms with Crippen molar-refractivity contribution in [3.63, 3.8) is 0 Å². The van der Waals surface area contributed by atoms with Crippen LogP contribution in [0.1, 0.15) is 6.92 Å². The third-order valence-electron chi connectivity index (χ3n) is 1.38. The second-order valence-electron chi connectivity index (χ2n) is 2.44. The summed E-state index contributed by atoms with van der Waals surface area (Å²) in [6.07, 6.45) is 3.67. The van der Waals surface area contributed by atoms with Crippen molar-refractivity contribution >= 4 is 27.5 Å². The monoisotopic (exact) mass is 224 g/mol. The second-order valence-corrected chi connectivity index (χ2v) is 4.17. The van der Waals surface area contributed by atoms with E-state index >= 15 is 0 Å². The molecule has 0 spiro atoms. The molecule has 0 aromatic rings. The molecule has 56 valence electrons. The van der Waals surface area contributed by atoms with Crippen molar-refractivity contribution in [3.8, 4) is 0 Å². The second kappa shape index (κ2) is 2.67. The Morgan fingerprint density at radius 2 is 2.40 bits per heavy atom. The smallest absolute Gasteiger partial charge is 0.141 e. The third kappa shape index (κ3) is 1.61. The molecule has 0 aromatic carbocycles. The largest absolute Gasteiger partial charge is 0.241 e. The van der Waals surface area contributed by atoms with Gasteiger partial charge in [0.2, 0.25) is 0 Å². The molecule has 1 aliphatic rings. The van der Waals surface area contributed by atoms with Crippen molar-refractivity contribution in [1.29, 1.82) is 0 Å². The molecule has 10 heavy (non-hydrogen) atoms. The summed E-state index contributed by atoms with van der Waals surface area (Å²) in [6, 6.07) is 0. The Labute approximate surface area is 72.9 Å². The average Bonchev–Trinajstić information content (AvgIpc) is 1.78. The maximum absolute atomic E-state index is 12.9. The molecule has 1 rings (SSSR count). The quantitative estimate of drug-likeness (QED) is 0.556. The van der Waals surface area contributed by atoms with E-state index in [1.165, 1.54) is 6.08 Å². The molecule has 1 aliphatic carbocycles. The lowest BCUT2D eigenvalue weighted by molar-refractivity contribution is 0.352. The lowest BCUT2D eigenvalue weighted by Gasteiger charge is -2.23. The maximum Gasteiger partial charge on any atom is 0.141 e. The lowest BCUT2D eigenvalue weighted by Crippen LogP contribution is -2.27. The number of rotatable bonds is 0. The molecular weight excluding hydrogens is 218 g/mol. The highest BCUT2D eigenvalue weighted by atomic mass is 79.9. The summed E-state index contributed by atoms with van der Waals surface area (Å²) in [6.45, 7) is 1.64. The summed E-state index contributed by atoms with van der Waals surface area (Å²) in [5.74, 6) is 0. The van der Waals surface area contributed by atoms with Gasteiger partial charge < -0.3 is 0 Å². The maximum atomic E-state index is 12.9. The Kier molecular flexibility index (Phi) is 2.21. The van der Waals surface area contributed by atoms with Gasteiger partial charge in [-0.25, -0.2) is 4.39 Å². The van der Waals surface area contributed by atoms with Gasteiger partial charge in [-0.15, -0.1) is 11.6 Å². The standard InChI is InChI=1S/C7H7BrClF/c1-7(9)4-5(8)2-3-6(7)10/h2-4,6H,1H3. The predicted octanol–water partition coefficient (Wildman–Crippen LogP) is 3.17. The molecule has 0 heterocycles. The molecule has 0 fully saturated rings. The highest BCUT2D eigenvalue weighted by molar-refractivity contribution is 9.11. The lowest BCUT2D eigenvalue weighted by atomic mass is 10.0. The SMILES string of the molecule is CC1(Cl)C=C(Br)C=CC1F. The molecule has 0 aromatic heterocycles. The van der Waals surface area contributed by atoms with Crippen LogP contribution in [0.15, 0.2) is 22.7 Å². The van der Waals surface area contributed by atoms with E-state index in [1.807, 2.05) is 0 Å². The van der Waals surface area contributed by atoms with Gasteiger partial charge in [0.1, 0.15) is 6.17 Å². The molecule has 0 bridgehead atoms. The van der Waals surface area contributed by atoms with Gasteiger partial charge in [0, 0.05) is 4.48 Å². The third-order valence-corrected chi connectivity index (χ3v) is 2.19. The van der Waals surface area contributed by atoms with Crippen molar-refractivity contribution in [2.24, 2.45) is 0 Å². The fraction of sp³-hybridized carbons (Fsp3) is 0.429. The van der Waals surface area contributed by atoms with Gasteiger partial charge in [0.15, 0.2) is 0 Å². The molecule has 2 atom stereocenters. The van der Waals surface area contributed by atoms with Gasteiger partial charge in [0.05, 0.1) is 4.87 Å². The fourth-order valence-electron chi connectivity index (χ4n) is 0.762. The van der Waals surface area contributed by atoms with Gasteiger partial charge in [-0.1, -0.05) is 15.9 Å². The predicted molar refractivity (Wildman–Crippen MR) is 45.3 cm³/mol. The molecule has 0 aliphatic heterocycles. The first-order valence-electron chi connectivity index (χ1n) is 2.92. The Hall–Kier alpha value is 0.180. The number of hydrogen-bond donors (Lipinski definition) is 0. The minimum Gasteiger partial charge on any atom is -0.241 e. The van der Waals surface area contributed by atoms with Crippen LogP contribution in [-0.4, -0.2) is 11.0 Å². The molecule has 0 nitrogen and oxygen atoms in total. The highest BCUT2D eigenvalue weighted by Crippen LogP contribution is 2.31. The van der Waals surface area contributed by atoms with E-state index in [0.717, 1.165) is 4.48 Å². The topological polar surface area (TPSA) is 0 Å². The first-order chi connectivity index (χ1) is 4.52. The van der Waals surface area contributed by atoms with Gasteiger partial charge in [0.25, 0.3) is 0 Å². The molecule has 0 radical (unpaired) electrons. The molecule has 0 N–H and O–H groups in total. The summed E-state index contributed by atoms with van der Waals surface area (Å²) in [7, 11) is 0. The zero-order valence-electron chi connectivity index (χ0n) is 5.44. The minimum absolute atomic E-state index is 0.832. The summed E-state index contributed by atoms with van der Waals surface area (Å²) < 4.78 is 13.7. The Morgan fingerprint density at radius 3 is 2.80 bits per heavy atom.